The lowest BCUT2D eigenvalue weighted by Gasteiger charge is -2.22. The van der Waals surface area contributed by atoms with Crippen molar-refractivity contribution in [1.29, 1.82) is 0 Å². The Morgan fingerprint density at radius 2 is 2.13 bits per heavy atom. The van der Waals surface area contributed by atoms with E-state index in [2.05, 4.69) is 5.32 Å². The van der Waals surface area contributed by atoms with E-state index in [-0.39, 0.29) is 0 Å². The van der Waals surface area contributed by atoms with Gasteiger partial charge in [-0.25, -0.2) is 0 Å². The van der Waals surface area contributed by atoms with Crippen molar-refractivity contribution in [3.05, 3.63) is 0 Å². The van der Waals surface area contributed by atoms with Gasteiger partial charge in [-0.3, -0.25) is 0 Å². The Hall–Kier alpha value is -0.120. The standard InChI is InChI=1S/C12H25NO2/c14-8-2-1-3-9-15-10-6-12-5-4-7-13-11-12/h12-14H,1-11H2. The fourth-order valence-corrected chi connectivity index (χ4v) is 2.02. The molecule has 0 aromatic rings. The molecule has 0 spiro atoms. The summed E-state index contributed by atoms with van der Waals surface area (Å²) in [7, 11) is 0. The van der Waals surface area contributed by atoms with E-state index >= 15 is 0 Å². The lowest BCUT2D eigenvalue weighted by Crippen LogP contribution is -2.30. The van der Waals surface area contributed by atoms with Crippen LogP contribution in [0.1, 0.15) is 38.5 Å². The third kappa shape index (κ3) is 6.88. The van der Waals surface area contributed by atoms with Gasteiger partial charge in [0.1, 0.15) is 0 Å². The molecule has 1 heterocycles. The number of rotatable bonds is 8. The molecular weight excluding hydrogens is 190 g/mol. The summed E-state index contributed by atoms with van der Waals surface area (Å²) in [5.74, 6) is 0.830. The number of aliphatic hydroxyl groups is 1. The van der Waals surface area contributed by atoms with Crippen molar-refractivity contribution in [1.82, 2.24) is 5.32 Å². The van der Waals surface area contributed by atoms with Crippen LogP contribution in [0.2, 0.25) is 0 Å². The predicted molar refractivity (Wildman–Crippen MR) is 62.0 cm³/mol. The second kappa shape index (κ2) is 9.13. The van der Waals surface area contributed by atoms with E-state index in [1.165, 1.54) is 32.4 Å². The van der Waals surface area contributed by atoms with Crippen molar-refractivity contribution in [2.45, 2.75) is 38.5 Å². The number of hydrogen-bond acceptors (Lipinski definition) is 3. The van der Waals surface area contributed by atoms with Crippen molar-refractivity contribution in [3.63, 3.8) is 0 Å². The van der Waals surface area contributed by atoms with Crippen molar-refractivity contribution >= 4 is 0 Å². The van der Waals surface area contributed by atoms with Crippen molar-refractivity contribution in [2.24, 2.45) is 5.92 Å². The minimum Gasteiger partial charge on any atom is -0.396 e. The van der Waals surface area contributed by atoms with Crippen LogP contribution in [0.15, 0.2) is 0 Å². The van der Waals surface area contributed by atoms with Crippen LogP contribution >= 0.6 is 0 Å². The van der Waals surface area contributed by atoms with Crippen molar-refractivity contribution in [2.75, 3.05) is 32.9 Å². The molecule has 1 rings (SSSR count). The van der Waals surface area contributed by atoms with Gasteiger partial charge in [-0.05, 0) is 57.5 Å². The number of piperidine rings is 1. The number of unbranched alkanes of at least 4 members (excludes halogenated alkanes) is 2. The van der Waals surface area contributed by atoms with Gasteiger partial charge in [-0.15, -0.1) is 0 Å². The molecule has 1 aliphatic heterocycles. The Kier molecular flexibility index (Phi) is 7.88. The molecule has 0 amide bonds. The van der Waals surface area contributed by atoms with Crippen LogP contribution < -0.4 is 5.32 Å². The van der Waals surface area contributed by atoms with E-state index in [4.69, 9.17) is 9.84 Å². The number of aliphatic hydroxyl groups excluding tert-OH is 1. The molecule has 90 valence electrons. The molecule has 3 nitrogen and oxygen atoms in total. The van der Waals surface area contributed by atoms with Crippen LogP contribution in [0.3, 0.4) is 0 Å². The van der Waals surface area contributed by atoms with Crippen molar-refractivity contribution in [3.8, 4) is 0 Å². The molecule has 3 heteroatoms. The summed E-state index contributed by atoms with van der Waals surface area (Å²) < 4.78 is 5.57. The molecular formula is C12H25NO2. The zero-order valence-corrected chi connectivity index (χ0v) is 9.71. The van der Waals surface area contributed by atoms with Crippen LogP contribution in [-0.4, -0.2) is 38.0 Å². The smallest absolute Gasteiger partial charge is 0.0469 e. The summed E-state index contributed by atoms with van der Waals surface area (Å²) in [6, 6.07) is 0. The highest BCUT2D eigenvalue weighted by atomic mass is 16.5. The number of hydrogen-bond donors (Lipinski definition) is 2. The molecule has 1 aliphatic rings. The normalized spacial score (nSPS) is 21.8. The first-order valence-corrected chi connectivity index (χ1v) is 6.33. The highest BCUT2D eigenvalue weighted by Crippen LogP contribution is 2.13. The van der Waals surface area contributed by atoms with Gasteiger partial charge in [0, 0.05) is 19.8 Å². The van der Waals surface area contributed by atoms with E-state index in [1.54, 1.807) is 0 Å². The minimum atomic E-state index is 0.313. The molecule has 1 atom stereocenters. The predicted octanol–water partition coefficient (Wildman–Crippen LogP) is 1.56. The largest absolute Gasteiger partial charge is 0.396 e. The first kappa shape index (κ1) is 12.9. The van der Waals surface area contributed by atoms with E-state index < -0.39 is 0 Å². The summed E-state index contributed by atoms with van der Waals surface area (Å²) in [5.41, 5.74) is 0. The van der Waals surface area contributed by atoms with Crippen LogP contribution in [-0.2, 0) is 4.74 Å². The fourth-order valence-electron chi connectivity index (χ4n) is 2.02. The van der Waals surface area contributed by atoms with Gasteiger partial charge in [0.15, 0.2) is 0 Å². The van der Waals surface area contributed by atoms with Gasteiger partial charge in [0.2, 0.25) is 0 Å². The van der Waals surface area contributed by atoms with E-state index in [0.717, 1.165) is 38.4 Å². The van der Waals surface area contributed by atoms with Gasteiger partial charge < -0.3 is 15.2 Å². The molecule has 0 radical (unpaired) electrons. The Labute approximate surface area is 93.2 Å². The Morgan fingerprint density at radius 1 is 1.20 bits per heavy atom. The summed E-state index contributed by atoms with van der Waals surface area (Å²) in [6.07, 6.45) is 6.97. The highest BCUT2D eigenvalue weighted by Gasteiger charge is 2.11. The molecule has 0 aliphatic carbocycles. The Balaban J connectivity index is 1.79. The molecule has 0 aromatic heterocycles. The summed E-state index contributed by atoms with van der Waals surface area (Å²) in [6.45, 7) is 4.45. The summed E-state index contributed by atoms with van der Waals surface area (Å²) >= 11 is 0. The molecule has 0 saturated carbocycles. The maximum atomic E-state index is 8.59. The number of nitrogens with one attached hydrogen (secondary N) is 1. The topological polar surface area (TPSA) is 41.5 Å². The Bertz CT molecular complexity index is 136. The van der Waals surface area contributed by atoms with Gasteiger partial charge in [0.05, 0.1) is 0 Å². The van der Waals surface area contributed by atoms with Crippen LogP contribution in [0.25, 0.3) is 0 Å². The van der Waals surface area contributed by atoms with E-state index in [9.17, 15) is 0 Å². The Morgan fingerprint density at radius 3 is 2.87 bits per heavy atom. The van der Waals surface area contributed by atoms with Crippen LogP contribution in [0.4, 0.5) is 0 Å². The third-order valence-electron chi connectivity index (χ3n) is 3.02. The third-order valence-corrected chi connectivity index (χ3v) is 3.02. The molecule has 2 N–H and O–H groups in total. The fraction of sp³-hybridized carbons (Fsp3) is 1.00. The lowest BCUT2D eigenvalue weighted by molar-refractivity contribution is 0.111. The van der Waals surface area contributed by atoms with Crippen LogP contribution in [0.5, 0.6) is 0 Å². The van der Waals surface area contributed by atoms with Gasteiger partial charge in [-0.1, -0.05) is 0 Å². The maximum Gasteiger partial charge on any atom is 0.0469 e. The zero-order valence-electron chi connectivity index (χ0n) is 9.71. The first-order valence-electron chi connectivity index (χ1n) is 6.33. The highest BCUT2D eigenvalue weighted by molar-refractivity contribution is 4.68. The second-order valence-electron chi connectivity index (χ2n) is 4.40. The lowest BCUT2D eigenvalue weighted by atomic mass is 9.97. The van der Waals surface area contributed by atoms with Gasteiger partial charge in [-0.2, -0.15) is 0 Å². The zero-order chi connectivity index (χ0) is 10.8. The van der Waals surface area contributed by atoms with Crippen LogP contribution in [0, 0.1) is 5.92 Å². The SMILES string of the molecule is OCCCCCOCCC1CCCNC1. The van der Waals surface area contributed by atoms with Gasteiger partial charge >= 0.3 is 0 Å². The molecule has 1 fully saturated rings. The monoisotopic (exact) mass is 215 g/mol. The summed E-state index contributed by atoms with van der Waals surface area (Å²) in [4.78, 5) is 0. The molecule has 1 saturated heterocycles. The first-order chi connectivity index (χ1) is 7.43. The molecule has 1 unspecified atom stereocenters. The molecule has 15 heavy (non-hydrogen) atoms. The molecule has 0 bridgehead atoms. The molecule has 0 aromatic carbocycles. The maximum absolute atomic E-state index is 8.59. The second-order valence-corrected chi connectivity index (χ2v) is 4.40. The quantitative estimate of drug-likeness (QED) is 0.604. The van der Waals surface area contributed by atoms with E-state index in [0.29, 0.717) is 6.61 Å². The number of ether oxygens (including phenoxy) is 1. The minimum absolute atomic E-state index is 0.313. The average molecular weight is 215 g/mol. The average Bonchev–Trinajstić information content (AvgIpc) is 2.29. The van der Waals surface area contributed by atoms with Crippen molar-refractivity contribution < 1.29 is 9.84 Å². The van der Waals surface area contributed by atoms with Gasteiger partial charge in [0.25, 0.3) is 0 Å². The van der Waals surface area contributed by atoms with E-state index in [1.807, 2.05) is 0 Å². The summed E-state index contributed by atoms with van der Waals surface area (Å²) in [5, 5.41) is 12.0.